The Labute approximate surface area is 106 Å². The second-order valence-electron chi connectivity index (χ2n) is 4.20. The molecule has 4 heteroatoms. The van der Waals surface area contributed by atoms with Crippen LogP contribution in [-0.2, 0) is 4.79 Å². The smallest absolute Gasteiger partial charge is 0.228 e. The third kappa shape index (κ3) is 2.64. The van der Waals surface area contributed by atoms with Crippen LogP contribution in [0.2, 0.25) is 0 Å². The van der Waals surface area contributed by atoms with E-state index in [1.807, 2.05) is 25.1 Å². The largest absolute Gasteiger partial charge is 0.394 e. The van der Waals surface area contributed by atoms with E-state index in [0.29, 0.717) is 0 Å². The summed E-state index contributed by atoms with van der Waals surface area (Å²) < 4.78 is 0. The molecular formula is C13H17NO2S. The van der Waals surface area contributed by atoms with Crippen LogP contribution in [0, 0.1) is 0 Å². The molecule has 2 atom stereocenters. The van der Waals surface area contributed by atoms with Gasteiger partial charge in [0, 0.05) is 10.6 Å². The fourth-order valence-electron chi connectivity index (χ4n) is 1.96. The first-order chi connectivity index (χ1) is 8.26. The average molecular weight is 251 g/mol. The first kappa shape index (κ1) is 12.5. The maximum absolute atomic E-state index is 12.1. The van der Waals surface area contributed by atoms with Gasteiger partial charge in [-0.1, -0.05) is 25.1 Å². The Bertz CT molecular complexity index is 404. The summed E-state index contributed by atoms with van der Waals surface area (Å²) in [6, 6.07) is 7.90. The van der Waals surface area contributed by atoms with E-state index < -0.39 is 0 Å². The lowest BCUT2D eigenvalue weighted by Gasteiger charge is -2.17. The zero-order valence-corrected chi connectivity index (χ0v) is 10.7. The van der Waals surface area contributed by atoms with E-state index in [9.17, 15) is 4.79 Å². The molecule has 1 aliphatic heterocycles. The number of hydrogen-bond donors (Lipinski definition) is 2. The molecule has 92 valence electrons. The van der Waals surface area contributed by atoms with Crippen molar-refractivity contribution in [3.63, 3.8) is 0 Å². The monoisotopic (exact) mass is 251 g/mol. The number of nitrogens with one attached hydrogen (secondary N) is 1. The van der Waals surface area contributed by atoms with Gasteiger partial charge in [0.25, 0.3) is 0 Å². The lowest BCUT2D eigenvalue weighted by Crippen LogP contribution is -2.39. The van der Waals surface area contributed by atoms with Gasteiger partial charge in [-0.05, 0) is 18.1 Å². The van der Waals surface area contributed by atoms with Gasteiger partial charge in [-0.2, -0.15) is 0 Å². The Hall–Kier alpha value is -1.00. The lowest BCUT2D eigenvalue weighted by molar-refractivity contribution is -0.123. The van der Waals surface area contributed by atoms with Gasteiger partial charge in [-0.15, -0.1) is 11.8 Å². The fourth-order valence-corrected chi connectivity index (χ4v) is 3.19. The minimum Gasteiger partial charge on any atom is -0.394 e. The first-order valence-corrected chi connectivity index (χ1v) is 6.87. The molecule has 0 saturated carbocycles. The standard InChI is InChI=1S/C13H17NO2S/c1-2-9(7-15)14-13(16)11-8-17-12-6-4-3-5-10(11)12/h3-6,9,11,15H,2,7-8H2,1H3,(H,14,16)/t9-,11?/m1/s1. The number of fused-ring (bicyclic) bond motifs is 1. The second-order valence-corrected chi connectivity index (χ2v) is 5.26. The Balaban J connectivity index is 2.07. The van der Waals surface area contributed by atoms with E-state index in [1.54, 1.807) is 11.8 Å². The van der Waals surface area contributed by atoms with Crippen LogP contribution in [0.5, 0.6) is 0 Å². The molecule has 3 nitrogen and oxygen atoms in total. The molecule has 1 heterocycles. The van der Waals surface area contributed by atoms with Crippen molar-refractivity contribution in [2.24, 2.45) is 0 Å². The number of carbonyl (C=O) groups excluding carboxylic acids is 1. The van der Waals surface area contributed by atoms with Gasteiger partial charge >= 0.3 is 0 Å². The highest BCUT2D eigenvalue weighted by Gasteiger charge is 2.29. The van der Waals surface area contributed by atoms with Gasteiger partial charge in [0.1, 0.15) is 0 Å². The number of benzene rings is 1. The Morgan fingerprint density at radius 3 is 3.06 bits per heavy atom. The van der Waals surface area contributed by atoms with Crippen molar-refractivity contribution in [2.45, 2.75) is 30.2 Å². The predicted molar refractivity (Wildman–Crippen MR) is 69.2 cm³/mol. The molecule has 1 unspecified atom stereocenters. The number of aliphatic hydroxyl groups excluding tert-OH is 1. The van der Waals surface area contributed by atoms with E-state index in [0.717, 1.165) is 17.7 Å². The van der Waals surface area contributed by atoms with Crippen LogP contribution in [0.3, 0.4) is 0 Å². The van der Waals surface area contributed by atoms with Crippen LogP contribution in [-0.4, -0.2) is 29.4 Å². The quantitative estimate of drug-likeness (QED) is 0.857. The van der Waals surface area contributed by atoms with E-state index in [2.05, 4.69) is 11.4 Å². The summed E-state index contributed by atoms with van der Waals surface area (Å²) in [4.78, 5) is 13.3. The summed E-state index contributed by atoms with van der Waals surface area (Å²) in [6.45, 7) is 1.96. The highest BCUT2D eigenvalue weighted by molar-refractivity contribution is 7.99. The van der Waals surface area contributed by atoms with Gasteiger partial charge < -0.3 is 10.4 Å². The van der Waals surface area contributed by atoms with E-state index in [1.165, 1.54) is 4.90 Å². The molecule has 1 amide bonds. The number of rotatable bonds is 4. The zero-order valence-electron chi connectivity index (χ0n) is 9.85. The van der Waals surface area contributed by atoms with Crippen LogP contribution in [0.15, 0.2) is 29.2 Å². The SMILES string of the molecule is CC[C@H](CO)NC(=O)C1CSc2ccccc21. The Morgan fingerprint density at radius 2 is 2.35 bits per heavy atom. The number of aliphatic hydroxyl groups is 1. The van der Waals surface area contributed by atoms with E-state index in [4.69, 9.17) is 5.11 Å². The molecular weight excluding hydrogens is 234 g/mol. The molecule has 0 spiro atoms. The molecule has 2 rings (SSSR count). The lowest BCUT2D eigenvalue weighted by atomic mass is 10.00. The van der Waals surface area contributed by atoms with Crippen molar-refractivity contribution in [1.82, 2.24) is 5.32 Å². The van der Waals surface area contributed by atoms with Crippen molar-refractivity contribution < 1.29 is 9.90 Å². The molecule has 1 aromatic carbocycles. The molecule has 1 aliphatic rings. The number of hydrogen-bond acceptors (Lipinski definition) is 3. The molecule has 0 bridgehead atoms. The van der Waals surface area contributed by atoms with Gasteiger partial charge in [0.05, 0.1) is 18.6 Å². The average Bonchev–Trinajstić information content (AvgIpc) is 2.79. The fraction of sp³-hybridized carbons (Fsp3) is 0.462. The van der Waals surface area contributed by atoms with Crippen molar-refractivity contribution in [2.75, 3.05) is 12.4 Å². The number of amides is 1. The highest BCUT2D eigenvalue weighted by Crippen LogP contribution is 2.39. The minimum absolute atomic E-state index is 0.00372. The van der Waals surface area contributed by atoms with Crippen LogP contribution in [0.1, 0.15) is 24.8 Å². The minimum atomic E-state index is -0.125. The molecule has 0 saturated heterocycles. The molecule has 2 N–H and O–H groups in total. The summed E-state index contributed by atoms with van der Waals surface area (Å²) in [5.74, 6) is 0.757. The molecule has 0 fully saturated rings. The van der Waals surface area contributed by atoms with Gasteiger partial charge in [0.15, 0.2) is 0 Å². The summed E-state index contributed by atoms with van der Waals surface area (Å²) in [5.41, 5.74) is 1.11. The zero-order chi connectivity index (χ0) is 12.3. The van der Waals surface area contributed by atoms with Crippen LogP contribution < -0.4 is 5.32 Å². The normalized spacial score (nSPS) is 19.8. The van der Waals surface area contributed by atoms with Gasteiger partial charge in [0.2, 0.25) is 5.91 Å². The number of carbonyl (C=O) groups is 1. The van der Waals surface area contributed by atoms with Gasteiger partial charge in [-0.3, -0.25) is 4.79 Å². The third-order valence-electron chi connectivity index (χ3n) is 3.08. The number of thioether (sulfide) groups is 1. The molecule has 1 aromatic rings. The van der Waals surface area contributed by atoms with Crippen LogP contribution in [0.4, 0.5) is 0 Å². The predicted octanol–water partition coefficient (Wildman–Crippen LogP) is 1.76. The molecule has 0 aromatic heterocycles. The van der Waals surface area contributed by atoms with Crippen LogP contribution >= 0.6 is 11.8 Å². The maximum atomic E-state index is 12.1. The summed E-state index contributed by atoms with van der Waals surface area (Å²) in [7, 11) is 0. The highest BCUT2D eigenvalue weighted by atomic mass is 32.2. The Morgan fingerprint density at radius 1 is 1.59 bits per heavy atom. The summed E-state index contributed by atoms with van der Waals surface area (Å²) in [6.07, 6.45) is 0.754. The summed E-state index contributed by atoms with van der Waals surface area (Å²) >= 11 is 1.72. The first-order valence-electron chi connectivity index (χ1n) is 5.89. The third-order valence-corrected chi connectivity index (χ3v) is 4.26. The molecule has 0 aliphatic carbocycles. The van der Waals surface area contributed by atoms with Crippen LogP contribution in [0.25, 0.3) is 0 Å². The maximum Gasteiger partial charge on any atom is 0.228 e. The van der Waals surface area contributed by atoms with Crippen molar-refractivity contribution in [1.29, 1.82) is 0 Å². The summed E-state index contributed by atoms with van der Waals surface area (Å²) in [5, 5.41) is 12.0. The van der Waals surface area contributed by atoms with Crippen molar-refractivity contribution >= 4 is 17.7 Å². The van der Waals surface area contributed by atoms with E-state index in [-0.39, 0.29) is 24.5 Å². The van der Waals surface area contributed by atoms with Crippen molar-refractivity contribution in [3.8, 4) is 0 Å². The van der Waals surface area contributed by atoms with Gasteiger partial charge in [-0.25, -0.2) is 0 Å². The molecule has 17 heavy (non-hydrogen) atoms. The van der Waals surface area contributed by atoms with Crippen molar-refractivity contribution in [3.05, 3.63) is 29.8 Å². The second kappa shape index (κ2) is 5.56. The Kier molecular flexibility index (Phi) is 4.07. The van der Waals surface area contributed by atoms with E-state index >= 15 is 0 Å². The molecule has 0 radical (unpaired) electrons. The topological polar surface area (TPSA) is 49.3 Å².